The van der Waals surface area contributed by atoms with E-state index in [0.717, 1.165) is 10.5 Å². The molecule has 4 rings (SSSR count). The summed E-state index contributed by atoms with van der Waals surface area (Å²) in [4.78, 5) is 26.4. The Morgan fingerprint density at radius 2 is 1.70 bits per heavy atom. The number of ether oxygens (including phenoxy) is 2. The molecule has 0 bridgehead atoms. The third-order valence-corrected chi connectivity index (χ3v) is 5.80. The van der Waals surface area contributed by atoms with E-state index in [4.69, 9.17) is 21.1 Å². The molecule has 1 N–H and O–H groups in total. The number of carbonyl (C=O) groups is 2. The lowest BCUT2D eigenvalue weighted by Crippen LogP contribution is -2.30. The first-order chi connectivity index (χ1) is 16.0. The van der Waals surface area contributed by atoms with Crippen molar-refractivity contribution in [3.05, 3.63) is 93.0 Å². The summed E-state index contributed by atoms with van der Waals surface area (Å²) in [5.41, 5.74) is 2.30. The van der Waals surface area contributed by atoms with Crippen molar-refractivity contribution >= 4 is 51.2 Å². The predicted octanol–water partition coefficient (Wildman–Crippen LogP) is 6.18. The average molecular weight is 528 g/mol. The number of urea groups is 1. The fraction of sp³-hybridized carbons (Fsp3) is 0.120. The lowest BCUT2D eigenvalue weighted by molar-refractivity contribution is -0.113. The molecule has 3 amide bonds. The van der Waals surface area contributed by atoms with Gasteiger partial charge in [0, 0.05) is 9.50 Å². The highest BCUT2D eigenvalue weighted by Gasteiger charge is 2.34. The second-order valence-corrected chi connectivity index (χ2v) is 8.42. The number of nitrogens with one attached hydrogen (secondary N) is 1. The summed E-state index contributed by atoms with van der Waals surface area (Å²) in [7, 11) is 0. The number of rotatable bonds is 7. The topological polar surface area (TPSA) is 67.9 Å². The van der Waals surface area contributed by atoms with Crippen LogP contribution < -0.4 is 19.7 Å². The third kappa shape index (κ3) is 5.21. The average Bonchev–Trinajstić information content (AvgIpc) is 3.09. The van der Waals surface area contributed by atoms with Crippen LogP contribution in [0, 0.1) is 0 Å². The van der Waals surface area contributed by atoms with Crippen molar-refractivity contribution in [3.8, 4) is 11.5 Å². The van der Waals surface area contributed by atoms with Crippen LogP contribution in [0.5, 0.6) is 11.5 Å². The zero-order chi connectivity index (χ0) is 23.4. The van der Waals surface area contributed by atoms with Gasteiger partial charge in [-0.15, -0.1) is 0 Å². The summed E-state index contributed by atoms with van der Waals surface area (Å²) in [6, 6.07) is 19.2. The van der Waals surface area contributed by atoms with E-state index in [-0.39, 0.29) is 5.70 Å². The van der Waals surface area contributed by atoms with Crippen molar-refractivity contribution in [1.82, 2.24) is 5.32 Å². The molecule has 33 heavy (non-hydrogen) atoms. The van der Waals surface area contributed by atoms with E-state index in [1.165, 1.54) is 0 Å². The molecule has 1 heterocycles. The molecule has 0 spiro atoms. The summed E-state index contributed by atoms with van der Waals surface area (Å²) < 4.78 is 12.4. The fourth-order valence-electron chi connectivity index (χ4n) is 3.29. The van der Waals surface area contributed by atoms with Crippen molar-refractivity contribution in [1.29, 1.82) is 0 Å². The number of carbonyl (C=O) groups excluding carboxylic acids is 2. The smallest absolute Gasteiger partial charge is 0.333 e. The Kier molecular flexibility index (Phi) is 7.01. The number of amides is 3. The number of imide groups is 1. The second kappa shape index (κ2) is 10.1. The molecule has 3 aromatic carbocycles. The van der Waals surface area contributed by atoms with Crippen molar-refractivity contribution in [2.75, 3.05) is 11.5 Å². The summed E-state index contributed by atoms with van der Waals surface area (Å²) in [6.07, 6.45) is 1.61. The second-order valence-electron chi connectivity index (χ2n) is 7.13. The van der Waals surface area contributed by atoms with Gasteiger partial charge in [-0.3, -0.25) is 4.79 Å². The van der Waals surface area contributed by atoms with Crippen LogP contribution in [0.2, 0.25) is 5.02 Å². The number of nitrogens with zero attached hydrogens (tertiary/aromatic N) is 1. The number of hydrogen-bond acceptors (Lipinski definition) is 4. The number of para-hydroxylation sites is 1. The van der Waals surface area contributed by atoms with Gasteiger partial charge in [0.15, 0.2) is 11.5 Å². The van der Waals surface area contributed by atoms with Crippen molar-refractivity contribution in [3.63, 3.8) is 0 Å². The standard InChI is InChI=1S/C25H20BrClN2O4/c1-2-32-22-13-17(20(26)14-23(22)33-15-16-8-10-18(27)11-9-16)12-21-24(30)29(25(31)28-21)19-6-4-3-5-7-19/h3-14H,2,15H2,1H3,(H,28,31)/b21-12+. The Morgan fingerprint density at radius 3 is 2.39 bits per heavy atom. The number of halogens is 2. The van der Waals surface area contributed by atoms with E-state index in [1.807, 2.05) is 25.1 Å². The van der Waals surface area contributed by atoms with E-state index in [9.17, 15) is 9.59 Å². The van der Waals surface area contributed by atoms with Crippen molar-refractivity contribution in [2.24, 2.45) is 0 Å². The lowest BCUT2D eigenvalue weighted by atomic mass is 10.1. The van der Waals surface area contributed by atoms with Gasteiger partial charge in [-0.25, -0.2) is 9.69 Å². The third-order valence-electron chi connectivity index (χ3n) is 4.86. The Hall–Kier alpha value is -3.29. The molecule has 0 aromatic heterocycles. The zero-order valence-electron chi connectivity index (χ0n) is 17.7. The minimum absolute atomic E-state index is 0.168. The quantitative estimate of drug-likeness (QED) is 0.294. The van der Waals surface area contributed by atoms with Crippen LogP contribution in [0.1, 0.15) is 18.1 Å². The van der Waals surface area contributed by atoms with Gasteiger partial charge in [0.05, 0.1) is 12.3 Å². The molecule has 0 saturated carbocycles. The summed E-state index contributed by atoms with van der Waals surface area (Å²) in [5, 5.41) is 3.30. The normalized spacial score (nSPS) is 14.5. The summed E-state index contributed by atoms with van der Waals surface area (Å²) in [5.74, 6) is 0.644. The number of benzene rings is 3. The maximum absolute atomic E-state index is 12.9. The molecule has 1 aliphatic rings. The van der Waals surface area contributed by atoms with Crippen LogP contribution in [0.25, 0.3) is 6.08 Å². The predicted molar refractivity (Wildman–Crippen MR) is 132 cm³/mol. The number of hydrogen-bond donors (Lipinski definition) is 1. The molecule has 0 atom stereocenters. The molecule has 1 aliphatic heterocycles. The zero-order valence-corrected chi connectivity index (χ0v) is 20.0. The van der Waals surface area contributed by atoms with Crippen molar-refractivity contribution < 1.29 is 19.1 Å². The van der Waals surface area contributed by atoms with Gasteiger partial charge in [-0.1, -0.05) is 57.9 Å². The molecule has 0 unspecified atom stereocenters. The van der Waals surface area contributed by atoms with E-state index in [2.05, 4.69) is 21.2 Å². The fourth-order valence-corrected chi connectivity index (χ4v) is 3.85. The number of anilines is 1. The van der Waals surface area contributed by atoms with Crippen LogP contribution in [0.4, 0.5) is 10.5 Å². The molecular formula is C25H20BrClN2O4. The van der Waals surface area contributed by atoms with Crippen LogP contribution in [-0.2, 0) is 11.4 Å². The summed E-state index contributed by atoms with van der Waals surface area (Å²) >= 11 is 9.48. The van der Waals surface area contributed by atoms with E-state index >= 15 is 0 Å². The Bertz CT molecular complexity index is 1210. The van der Waals surface area contributed by atoms with E-state index in [1.54, 1.807) is 54.6 Å². The van der Waals surface area contributed by atoms with Crippen LogP contribution >= 0.6 is 27.5 Å². The van der Waals surface area contributed by atoms with Crippen LogP contribution in [0.3, 0.4) is 0 Å². The first kappa shape index (κ1) is 22.9. The Morgan fingerprint density at radius 1 is 1.00 bits per heavy atom. The van der Waals surface area contributed by atoms with Crippen LogP contribution in [0.15, 0.2) is 76.9 Å². The minimum Gasteiger partial charge on any atom is -0.490 e. The summed E-state index contributed by atoms with van der Waals surface area (Å²) in [6.45, 7) is 2.65. The molecule has 0 aliphatic carbocycles. The molecule has 1 fully saturated rings. The van der Waals surface area contributed by atoms with Gasteiger partial charge < -0.3 is 14.8 Å². The molecular weight excluding hydrogens is 508 g/mol. The minimum atomic E-state index is -0.499. The molecule has 0 radical (unpaired) electrons. The SMILES string of the molecule is CCOc1cc(/C=C2/NC(=O)N(c3ccccc3)C2=O)c(Br)cc1OCc1ccc(Cl)cc1. The van der Waals surface area contributed by atoms with Crippen molar-refractivity contribution in [2.45, 2.75) is 13.5 Å². The van der Waals surface area contributed by atoms with Gasteiger partial charge in [0.25, 0.3) is 5.91 Å². The maximum Gasteiger partial charge on any atom is 0.333 e. The van der Waals surface area contributed by atoms with E-state index < -0.39 is 11.9 Å². The molecule has 168 valence electrons. The molecule has 6 nitrogen and oxygen atoms in total. The molecule has 3 aromatic rings. The highest BCUT2D eigenvalue weighted by atomic mass is 79.9. The maximum atomic E-state index is 12.9. The first-order valence-electron chi connectivity index (χ1n) is 10.2. The van der Waals surface area contributed by atoms with Crippen LogP contribution in [-0.4, -0.2) is 18.5 Å². The van der Waals surface area contributed by atoms with Gasteiger partial charge in [0.1, 0.15) is 12.3 Å². The van der Waals surface area contributed by atoms with Gasteiger partial charge >= 0.3 is 6.03 Å². The molecule has 1 saturated heterocycles. The van der Waals surface area contributed by atoms with Gasteiger partial charge in [0.2, 0.25) is 0 Å². The van der Waals surface area contributed by atoms with Gasteiger partial charge in [-0.05, 0) is 60.5 Å². The Labute approximate surface area is 204 Å². The largest absolute Gasteiger partial charge is 0.490 e. The first-order valence-corrected chi connectivity index (χ1v) is 11.4. The highest BCUT2D eigenvalue weighted by Crippen LogP contribution is 2.36. The van der Waals surface area contributed by atoms with E-state index in [0.29, 0.717) is 45.5 Å². The monoisotopic (exact) mass is 526 g/mol. The highest BCUT2D eigenvalue weighted by molar-refractivity contribution is 9.10. The van der Waals surface area contributed by atoms with Gasteiger partial charge in [-0.2, -0.15) is 0 Å². The lowest BCUT2D eigenvalue weighted by Gasteiger charge is -2.14. The molecule has 8 heteroatoms. The Balaban J connectivity index is 1.59.